The van der Waals surface area contributed by atoms with Gasteiger partial charge < -0.3 is 9.47 Å². The van der Waals surface area contributed by atoms with E-state index in [1.54, 1.807) is 37.4 Å². The first-order valence-corrected chi connectivity index (χ1v) is 5.71. The molecular weight excluding hydrogens is 255 g/mol. The molecule has 0 radical (unpaired) electrons. The Morgan fingerprint density at radius 1 is 1.00 bits per heavy atom. The summed E-state index contributed by atoms with van der Waals surface area (Å²) in [6.45, 7) is 0. The van der Waals surface area contributed by atoms with Gasteiger partial charge in [-0.25, -0.2) is 4.39 Å². The lowest BCUT2D eigenvalue weighted by Gasteiger charge is -2.11. The molecule has 0 aromatic heterocycles. The summed E-state index contributed by atoms with van der Waals surface area (Å²) in [7, 11) is 3.09. The summed E-state index contributed by atoms with van der Waals surface area (Å²) in [4.78, 5) is 0. The third kappa shape index (κ3) is 2.27. The van der Waals surface area contributed by atoms with Crippen LogP contribution in [0.4, 0.5) is 4.39 Å². The minimum Gasteiger partial charge on any atom is -0.497 e. The van der Waals surface area contributed by atoms with Gasteiger partial charge in [-0.15, -0.1) is 0 Å². The standard InChI is InChI=1S/C14H12ClFO2/c1-17-9-6-7-13(18-2)11(8-9)10-4-3-5-12(15)14(10)16/h3-8H,1-2H3. The van der Waals surface area contributed by atoms with Crippen LogP contribution >= 0.6 is 11.6 Å². The van der Waals surface area contributed by atoms with Gasteiger partial charge in [0, 0.05) is 11.1 Å². The van der Waals surface area contributed by atoms with Crippen molar-refractivity contribution in [2.24, 2.45) is 0 Å². The third-order valence-corrected chi connectivity index (χ3v) is 2.94. The summed E-state index contributed by atoms with van der Waals surface area (Å²) in [6, 6.07) is 10.1. The molecule has 0 bridgehead atoms. The summed E-state index contributed by atoms with van der Waals surface area (Å²) < 4.78 is 24.4. The van der Waals surface area contributed by atoms with Crippen molar-refractivity contribution >= 4 is 11.6 Å². The topological polar surface area (TPSA) is 18.5 Å². The monoisotopic (exact) mass is 266 g/mol. The van der Waals surface area contributed by atoms with Gasteiger partial charge >= 0.3 is 0 Å². The summed E-state index contributed by atoms with van der Waals surface area (Å²) >= 11 is 5.79. The van der Waals surface area contributed by atoms with Crippen molar-refractivity contribution in [3.8, 4) is 22.6 Å². The third-order valence-electron chi connectivity index (χ3n) is 2.65. The van der Waals surface area contributed by atoms with E-state index in [0.717, 1.165) is 0 Å². The van der Waals surface area contributed by atoms with E-state index >= 15 is 0 Å². The number of methoxy groups -OCH3 is 2. The predicted molar refractivity (Wildman–Crippen MR) is 70.0 cm³/mol. The second-order valence-corrected chi connectivity index (χ2v) is 4.07. The number of rotatable bonds is 3. The lowest BCUT2D eigenvalue weighted by molar-refractivity contribution is 0.404. The molecule has 0 aliphatic rings. The Morgan fingerprint density at radius 3 is 2.44 bits per heavy atom. The van der Waals surface area contributed by atoms with Crippen LogP contribution in [0, 0.1) is 5.82 Å². The van der Waals surface area contributed by atoms with Crippen molar-refractivity contribution in [2.75, 3.05) is 14.2 Å². The molecule has 0 aliphatic carbocycles. The average Bonchev–Trinajstić information content (AvgIpc) is 2.41. The smallest absolute Gasteiger partial charge is 0.149 e. The van der Waals surface area contributed by atoms with Crippen molar-refractivity contribution in [1.29, 1.82) is 0 Å². The van der Waals surface area contributed by atoms with Crippen LogP contribution in [0.2, 0.25) is 5.02 Å². The Morgan fingerprint density at radius 2 is 1.78 bits per heavy atom. The number of ether oxygens (including phenoxy) is 2. The molecule has 18 heavy (non-hydrogen) atoms. The van der Waals surface area contributed by atoms with Gasteiger partial charge in [-0.2, -0.15) is 0 Å². The fourth-order valence-corrected chi connectivity index (χ4v) is 1.91. The summed E-state index contributed by atoms with van der Waals surface area (Å²) in [5.41, 5.74) is 0.995. The molecule has 0 fully saturated rings. The highest BCUT2D eigenvalue weighted by molar-refractivity contribution is 6.31. The Kier molecular flexibility index (Phi) is 3.72. The van der Waals surface area contributed by atoms with Gasteiger partial charge in [0.05, 0.1) is 19.2 Å². The lowest BCUT2D eigenvalue weighted by Crippen LogP contribution is -1.92. The van der Waals surface area contributed by atoms with E-state index in [0.29, 0.717) is 22.6 Å². The molecule has 0 N–H and O–H groups in total. The lowest BCUT2D eigenvalue weighted by atomic mass is 10.0. The predicted octanol–water partition coefficient (Wildman–Crippen LogP) is 4.16. The van der Waals surface area contributed by atoms with E-state index in [4.69, 9.17) is 21.1 Å². The first kappa shape index (κ1) is 12.7. The second kappa shape index (κ2) is 5.27. The molecule has 2 nitrogen and oxygen atoms in total. The summed E-state index contributed by atoms with van der Waals surface area (Å²) in [5, 5.41) is 0.0809. The zero-order valence-corrected chi connectivity index (χ0v) is 10.8. The molecule has 0 atom stereocenters. The molecule has 2 rings (SSSR count). The number of benzene rings is 2. The van der Waals surface area contributed by atoms with Gasteiger partial charge in [-0.1, -0.05) is 23.7 Å². The average molecular weight is 267 g/mol. The molecule has 0 amide bonds. The molecule has 0 aliphatic heterocycles. The fraction of sp³-hybridized carbons (Fsp3) is 0.143. The highest BCUT2D eigenvalue weighted by Crippen LogP contribution is 2.36. The van der Waals surface area contributed by atoms with Crippen molar-refractivity contribution in [1.82, 2.24) is 0 Å². The van der Waals surface area contributed by atoms with Crippen LogP contribution in [0.3, 0.4) is 0 Å². The molecule has 0 saturated carbocycles. The second-order valence-electron chi connectivity index (χ2n) is 3.67. The van der Waals surface area contributed by atoms with E-state index in [1.807, 2.05) is 0 Å². The minimum atomic E-state index is -0.467. The molecule has 4 heteroatoms. The highest BCUT2D eigenvalue weighted by Gasteiger charge is 2.13. The number of halogens is 2. The SMILES string of the molecule is COc1ccc(OC)c(-c2cccc(Cl)c2F)c1. The molecule has 2 aromatic rings. The van der Waals surface area contributed by atoms with Gasteiger partial charge in [-0.3, -0.25) is 0 Å². The minimum absolute atomic E-state index is 0.0809. The zero-order valence-electron chi connectivity index (χ0n) is 10.0. The number of hydrogen-bond acceptors (Lipinski definition) is 2. The molecule has 0 heterocycles. The molecule has 94 valence electrons. The molecule has 0 unspecified atom stereocenters. The molecule has 0 spiro atoms. The van der Waals surface area contributed by atoms with Gasteiger partial charge in [0.2, 0.25) is 0 Å². The van der Waals surface area contributed by atoms with Crippen LogP contribution < -0.4 is 9.47 Å². The quantitative estimate of drug-likeness (QED) is 0.830. The number of hydrogen-bond donors (Lipinski definition) is 0. The summed E-state index contributed by atoms with van der Waals surface area (Å²) in [6.07, 6.45) is 0. The highest BCUT2D eigenvalue weighted by atomic mass is 35.5. The maximum atomic E-state index is 14.0. The van der Waals surface area contributed by atoms with Gasteiger partial charge in [0.25, 0.3) is 0 Å². The van der Waals surface area contributed by atoms with Gasteiger partial charge in [0.1, 0.15) is 17.3 Å². The Hall–Kier alpha value is -1.74. The van der Waals surface area contributed by atoms with Crippen molar-refractivity contribution < 1.29 is 13.9 Å². The first-order valence-electron chi connectivity index (χ1n) is 5.33. The maximum absolute atomic E-state index is 14.0. The Balaban J connectivity index is 2.64. The molecule has 2 aromatic carbocycles. The maximum Gasteiger partial charge on any atom is 0.149 e. The van der Waals surface area contributed by atoms with Gasteiger partial charge in [0.15, 0.2) is 0 Å². The van der Waals surface area contributed by atoms with Crippen molar-refractivity contribution in [3.63, 3.8) is 0 Å². The summed E-state index contributed by atoms with van der Waals surface area (Å²) in [5.74, 6) is 0.730. The van der Waals surface area contributed by atoms with Crippen LogP contribution in [-0.2, 0) is 0 Å². The fourth-order valence-electron chi connectivity index (χ4n) is 1.74. The van der Waals surface area contributed by atoms with Crippen molar-refractivity contribution in [3.05, 3.63) is 47.2 Å². The van der Waals surface area contributed by atoms with E-state index in [-0.39, 0.29) is 5.02 Å². The van der Waals surface area contributed by atoms with E-state index in [9.17, 15) is 4.39 Å². The molecular formula is C14H12ClFO2. The van der Waals surface area contributed by atoms with Crippen LogP contribution in [0.25, 0.3) is 11.1 Å². The normalized spacial score (nSPS) is 10.2. The van der Waals surface area contributed by atoms with E-state index in [2.05, 4.69) is 0 Å². The Bertz CT molecular complexity index is 570. The first-order chi connectivity index (χ1) is 8.67. The van der Waals surface area contributed by atoms with E-state index < -0.39 is 5.82 Å². The zero-order chi connectivity index (χ0) is 13.1. The van der Waals surface area contributed by atoms with Gasteiger partial charge in [-0.05, 0) is 24.3 Å². The van der Waals surface area contributed by atoms with Crippen LogP contribution in [-0.4, -0.2) is 14.2 Å². The van der Waals surface area contributed by atoms with Crippen LogP contribution in [0.5, 0.6) is 11.5 Å². The Labute approximate surface area is 110 Å². The van der Waals surface area contributed by atoms with E-state index in [1.165, 1.54) is 13.2 Å². The van der Waals surface area contributed by atoms with Crippen LogP contribution in [0.1, 0.15) is 0 Å². The molecule has 0 saturated heterocycles. The largest absolute Gasteiger partial charge is 0.497 e. The van der Waals surface area contributed by atoms with Crippen LogP contribution in [0.15, 0.2) is 36.4 Å². The van der Waals surface area contributed by atoms with Crippen molar-refractivity contribution in [2.45, 2.75) is 0 Å².